The molecule has 0 radical (unpaired) electrons. The van der Waals surface area contributed by atoms with Crippen LogP contribution in [0.4, 0.5) is 11.5 Å². The number of rotatable bonds is 3. The highest BCUT2D eigenvalue weighted by Gasteiger charge is 2.34. The predicted octanol–water partition coefficient (Wildman–Crippen LogP) is 3.14. The normalized spacial score (nSPS) is 22.5. The molecule has 1 saturated carbocycles. The number of anilines is 2. The molecular weight excluding hydrogens is 210 g/mol. The Morgan fingerprint density at radius 1 is 1.41 bits per heavy atom. The summed E-state index contributed by atoms with van der Waals surface area (Å²) in [5, 5.41) is 3.68. The molecule has 0 amide bonds. The van der Waals surface area contributed by atoms with Crippen LogP contribution in [0.15, 0.2) is 18.3 Å². The lowest BCUT2D eigenvalue weighted by molar-refractivity contribution is 0.350. The van der Waals surface area contributed by atoms with Crippen LogP contribution in [0.3, 0.4) is 0 Å². The zero-order chi connectivity index (χ0) is 12.5. The smallest absolute Gasteiger partial charge is 0.151 e. The minimum atomic E-state index is 0.388. The molecule has 1 fully saturated rings. The van der Waals surface area contributed by atoms with E-state index in [9.17, 15) is 0 Å². The Kier molecular flexibility index (Phi) is 3.27. The van der Waals surface area contributed by atoms with Crippen molar-refractivity contribution in [1.82, 2.24) is 4.98 Å². The first-order chi connectivity index (χ1) is 8.00. The molecule has 1 unspecified atom stereocenters. The molecule has 1 aromatic rings. The number of aromatic nitrogens is 1. The third-order valence-electron chi connectivity index (χ3n) is 3.80. The fraction of sp³-hybridized carbons (Fsp3) is 0.643. The number of pyridine rings is 1. The van der Waals surface area contributed by atoms with Crippen LogP contribution in [-0.2, 0) is 0 Å². The van der Waals surface area contributed by atoms with Crippen LogP contribution in [0.25, 0.3) is 0 Å². The second-order valence-electron chi connectivity index (χ2n) is 5.85. The fourth-order valence-electron chi connectivity index (χ4n) is 2.65. The number of nitrogens with one attached hydrogen (secondary N) is 1. The molecule has 1 aliphatic carbocycles. The van der Waals surface area contributed by atoms with Gasteiger partial charge in [-0.15, -0.1) is 0 Å². The van der Waals surface area contributed by atoms with Crippen LogP contribution < -0.4 is 10.2 Å². The summed E-state index contributed by atoms with van der Waals surface area (Å²) in [6, 6.07) is 4.68. The summed E-state index contributed by atoms with van der Waals surface area (Å²) in [5.74, 6) is 1.02. The van der Waals surface area contributed by atoms with Gasteiger partial charge in [-0.1, -0.05) is 20.3 Å². The number of nitrogens with zero attached hydrogens (tertiary/aromatic N) is 2. The third kappa shape index (κ3) is 2.54. The van der Waals surface area contributed by atoms with Gasteiger partial charge in [0.25, 0.3) is 0 Å². The van der Waals surface area contributed by atoms with Gasteiger partial charge >= 0.3 is 0 Å². The molecule has 1 aromatic heterocycles. The molecule has 94 valence electrons. The zero-order valence-electron chi connectivity index (χ0n) is 11.3. The molecule has 2 rings (SSSR count). The average molecular weight is 233 g/mol. The lowest BCUT2D eigenvalue weighted by Gasteiger charge is -2.30. The average Bonchev–Trinajstić information content (AvgIpc) is 2.59. The fourth-order valence-corrected chi connectivity index (χ4v) is 2.65. The highest BCUT2D eigenvalue weighted by molar-refractivity contribution is 5.65. The van der Waals surface area contributed by atoms with Crippen molar-refractivity contribution in [2.24, 2.45) is 5.41 Å². The summed E-state index contributed by atoms with van der Waals surface area (Å²) in [5.41, 5.74) is 1.54. The number of hydrogen-bond donors (Lipinski definition) is 1. The first-order valence-corrected chi connectivity index (χ1v) is 6.39. The topological polar surface area (TPSA) is 28.2 Å². The Hall–Kier alpha value is -1.25. The quantitative estimate of drug-likeness (QED) is 0.869. The molecular formula is C14H23N3. The van der Waals surface area contributed by atoms with Crippen LogP contribution in [0.2, 0.25) is 0 Å². The second kappa shape index (κ2) is 4.55. The predicted molar refractivity (Wildman–Crippen MR) is 73.6 cm³/mol. The molecule has 3 nitrogen and oxygen atoms in total. The van der Waals surface area contributed by atoms with Gasteiger partial charge in [-0.05, 0) is 30.4 Å². The Labute approximate surface area is 104 Å². The van der Waals surface area contributed by atoms with Crippen LogP contribution in [-0.4, -0.2) is 25.1 Å². The van der Waals surface area contributed by atoms with Crippen molar-refractivity contribution in [3.8, 4) is 0 Å². The van der Waals surface area contributed by atoms with E-state index < -0.39 is 0 Å². The maximum absolute atomic E-state index is 4.43. The minimum absolute atomic E-state index is 0.388. The summed E-state index contributed by atoms with van der Waals surface area (Å²) in [6.45, 7) is 4.70. The Morgan fingerprint density at radius 3 is 2.76 bits per heavy atom. The van der Waals surface area contributed by atoms with Crippen molar-refractivity contribution < 1.29 is 0 Å². The van der Waals surface area contributed by atoms with E-state index in [1.54, 1.807) is 0 Å². The zero-order valence-corrected chi connectivity index (χ0v) is 11.3. The third-order valence-corrected chi connectivity index (χ3v) is 3.80. The van der Waals surface area contributed by atoms with Crippen molar-refractivity contribution >= 4 is 11.5 Å². The van der Waals surface area contributed by atoms with E-state index in [0.717, 1.165) is 11.5 Å². The summed E-state index contributed by atoms with van der Waals surface area (Å²) in [7, 11) is 4.07. The largest absolute Gasteiger partial charge is 0.379 e. The Bertz CT molecular complexity index is 385. The molecule has 0 aromatic carbocycles. The Morgan fingerprint density at radius 2 is 2.18 bits per heavy atom. The molecule has 1 N–H and O–H groups in total. The van der Waals surface area contributed by atoms with Crippen LogP contribution in [0.5, 0.6) is 0 Å². The highest BCUT2D eigenvalue weighted by Crippen LogP contribution is 2.39. The monoisotopic (exact) mass is 233 g/mol. The Balaban J connectivity index is 2.19. The molecule has 1 heterocycles. The van der Waals surface area contributed by atoms with Gasteiger partial charge < -0.3 is 10.2 Å². The van der Waals surface area contributed by atoms with Gasteiger partial charge in [-0.25, -0.2) is 4.98 Å². The van der Waals surface area contributed by atoms with Crippen LogP contribution in [0.1, 0.15) is 33.1 Å². The van der Waals surface area contributed by atoms with Gasteiger partial charge in [0, 0.05) is 26.3 Å². The minimum Gasteiger partial charge on any atom is -0.379 e. The summed E-state index contributed by atoms with van der Waals surface area (Å²) in [4.78, 5) is 6.49. The van der Waals surface area contributed by atoms with Crippen molar-refractivity contribution in [3.63, 3.8) is 0 Å². The maximum Gasteiger partial charge on any atom is 0.151 e. The van der Waals surface area contributed by atoms with Crippen molar-refractivity contribution in [2.45, 2.75) is 39.2 Å². The van der Waals surface area contributed by atoms with E-state index in [4.69, 9.17) is 0 Å². The van der Waals surface area contributed by atoms with E-state index >= 15 is 0 Å². The maximum atomic E-state index is 4.43. The van der Waals surface area contributed by atoms with Crippen LogP contribution >= 0.6 is 0 Å². The van der Waals surface area contributed by atoms with E-state index in [0.29, 0.717) is 11.5 Å². The van der Waals surface area contributed by atoms with Crippen molar-refractivity contribution in [2.75, 3.05) is 24.3 Å². The van der Waals surface area contributed by atoms with Gasteiger partial charge in [0.1, 0.15) is 0 Å². The molecule has 17 heavy (non-hydrogen) atoms. The van der Waals surface area contributed by atoms with Gasteiger partial charge in [-0.3, -0.25) is 0 Å². The molecule has 0 spiro atoms. The molecule has 1 aliphatic rings. The van der Waals surface area contributed by atoms with Crippen molar-refractivity contribution in [3.05, 3.63) is 18.3 Å². The molecule has 1 atom stereocenters. The summed E-state index contributed by atoms with van der Waals surface area (Å²) >= 11 is 0. The first-order valence-electron chi connectivity index (χ1n) is 6.39. The van der Waals surface area contributed by atoms with Crippen molar-refractivity contribution in [1.29, 1.82) is 0 Å². The summed E-state index contributed by atoms with van der Waals surface area (Å²) in [6.07, 6.45) is 5.74. The van der Waals surface area contributed by atoms with E-state index in [1.165, 1.54) is 19.3 Å². The molecule has 3 heteroatoms. The van der Waals surface area contributed by atoms with E-state index in [-0.39, 0.29) is 0 Å². The van der Waals surface area contributed by atoms with E-state index in [2.05, 4.69) is 35.1 Å². The molecule has 0 saturated heterocycles. The number of hydrogen-bond acceptors (Lipinski definition) is 3. The van der Waals surface area contributed by atoms with E-state index in [1.807, 2.05) is 26.4 Å². The van der Waals surface area contributed by atoms with Gasteiger partial charge in [0.05, 0.1) is 5.69 Å². The van der Waals surface area contributed by atoms with Crippen LogP contribution in [0, 0.1) is 5.41 Å². The molecule has 0 aliphatic heterocycles. The summed E-state index contributed by atoms with van der Waals surface area (Å²) < 4.78 is 0. The van der Waals surface area contributed by atoms with Gasteiger partial charge in [-0.2, -0.15) is 0 Å². The lowest BCUT2D eigenvalue weighted by atomic mass is 9.87. The van der Waals surface area contributed by atoms with Gasteiger partial charge in [0.2, 0.25) is 0 Å². The SMILES string of the molecule is CN(C)c1ncccc1NC1CCCC1(C)C. The highest BCUT2D eigenvalue weighted by atomic mass is 15.2. The second-order valence-corrected chi connectivity index (χ2v) is 5.85. The molecule has 0 bridgehead atoms. The lowest BCUT2D eigenvalue weighted by Crippen LogP contribution is -2.31. The standard InChI is InChI=1S/C14H23N3/c1-14(2)9-5-8-12(14)16-11-7-6-10-15-13(11)17(3)4/h6-7,10,12,16H,5,8-9H2,1-4H3. The van der Waals surface area contributed by atoms with Gasteiger partial charge in [0.15, 0.2) is 5.82 Å². The first kappa shape index (κ1) is 12.2.